The van der Waals surface area contributed by atoms with Gasteiger partial charge < -0.3 is 4.90 Å². The van der Waals surface area contributed by atoms with Gasteiger partial charge in [0.1, 0.15) is 0 Å². The fraction of sp³-hybridized carbons (Fsp3) is 0.222. The maximum absolute atomic E-state index is 13.1. The predicted molar refractivity (Wildman–Crippen MR) is 96.5 cm³/mol. The molecule has 0 fully saturated rings. The van der Waals surface area contributed by atoms with Gasteiger partial charge >= 0.3 is 5.69 Å². The summed E-state index contributed by atoms with van der Waals surface area (Å²) in [6.45, 7) is 1.01. The summed E-state index contributed by atoms with van der Waals surface area (Å²) in [5.74, 6) is 0. The molecule has 1 aliphatic rings. The van der Waals surface area contributed by atoms with Crippen molar-refractivity contribution in [3.63, 3.8) is 0 Å². The Morgan fingerprint density at radius 2 is 1.75 bits per heavy atom. The molecule has 2 aromatic carbocycles. The summed E-state index contributed by atoms with van der Waals surface area (Å²) in [4.78, 5) is 29.9. The summed E-state index contributed by atoms with van der Waals surface area (Å²) < 4.78 is 3.03. The first-order valence-electron chi connectivity index (χ1n) is 7.78. The number of hydrogen-bond acceptors (Lipinski definition) is 4. The monoisotopic (exact) mass is 339 g/mol. The van der Waals surface area contributed by atoms with E-state index in [-0.39, 0.29) is 11.2 Å². The molecular weight excluding hydrogens is 322 g/mol. The quantitative estimate of drug-likeness (QED) is 0.574. The van der Waals surface area contributed by atoms with Crippen LogP contribution in [0.2, 0.25) is 0 Å². The number of likely N-dealkylation sites (N-methyl/N-ethyl adjacent to an activating group) is 1. The van der Waals surface area contributed by atoms with Crippen LogP contribution >= 0.6 is 11.8 Å². The van der Waals surface area contributed by atoms with Crippen molar-refractivity contribution in [1.82, 2.24) is 14.0 Å². The fourth-order valence-corrected chi connectivity index (χ4v) is 4.12. The van der Waals surface area contributed by atoms with E-state index in [9.17, 15) is 9.59 Å². The van der Waals surface area contributed by atoms with E-state index in [0.29, 0.717) is 18.5 Å². The zero-order chi connectivity index (χ0) is 16.8. The molecule has 0 N–H and O–H groups in total. The molecule has 0 amide bonds. The molecule has 2 heterocycles. The zero-order valence-corrected chi connectivity index (χ0v) is 14.3. The van der Waals surface area contributed by atoms with E-state index in [0.717, 1.165) is 21.0 Å². The SMILES string of the molecule is CN(C)CCn1c(=O)c2cccc3c2n(c1=O)-c1ccccc1S3. The maximum atomic E-state index is 13.1. The summed E-state index contributed by atoms with van der Waals surface area (Å²) in [5.41, 5.74) is 1.08. The topological polar surface area (TPSA) is 47.2 Å². The minimum atomic E-state index is -0.269. The lowest BCUT2D eigenvalue weighted by molar-refractivity contribution is 0.376. The molecule has 1 aromatic heterocycles. The molecule has 5 nitrogen and oxygen atoms in total. The molecule has 0 saturated heterocycles. The molecule has 0 aliphatic carbocycles. The van der Waals surface area contributed by atoms with Gasteiger partial charge in [0.05, 0.1) is 16.6 Å². The van der Waals surface area contributed by atoms with Crippen LogP contribution in [0.5, 0.6) is 0 Å². The summed E-state index contributed by atoms with van der Waals surface area (Å²) in [6.07, 6.45) is 0. The van der Waals surface area contributed by atoms with Crippen LogP contribution < -0.4 is 11.2 Å². The molecular formula is C18H17N3O2S. The van der Waals surface area contributed by atoms with Gasteiger partial charge in [0.2, 0.25) is 0 Å². The van der Waals surface area contributed by atoms with Gasteiger partial charge in [-0.1, -0.05) is 30.0 Å². The van der Waals surface area contributed by atoms with E-state index < -0.39 is 0 Å². The van der Waals surface area contributed by atoms with Crippen molar-refractivity contribution >= 4 is 22.7 Å². The maximum Gasteiger partial charge on any atom is 0.336 e. The van der Waals surface area contributed by atoms with Crippen LogP contribution in [0.25, 0.3) is 16.6 Å². The lowest BCUT2D eigenvalue weighted by Crippen LogP contribution is -2.42. The Hall–Kier alpha value is -2.31. The molecule has 4 rings (SSSR count). The molecule has 0 bridgehead atoms. The van der Waals surface area contributed by atoms with E-state index in [1.807, 2.05) is 55.4 Å². The Morgan fingerprint density at radius 3 is 2.54 bits per heavy atom. The third kappa shape index (κ3) is 2.22. The van der Waals surface area contributed by atoms with Gasteiger partial charge in [0.15, 0.2) is 0 Å². The van der Waals surface area contributed by atoms with E-state index in [2.05, 4.69) is 0 Å². The first kappa shape index (κ1) is 15.2. The Kier molecular flexibility index (Phi) is 3.58. The van der Waals surface area contributed by atoms with Gasteiger partial charge in [-0.2, -0.15) is 0 Å². The van der Waals surface area contributed by atoms with Gasteiger partial charge in [-0.15, -0.1) is 0 Å². The molecule has 0 spiro atoms. The second-order valence-corrected chi connectivity index (χ2v) is 7.18. The molecule has 122 valence electrons. The summed E-state index contributed by atoms with van der Waals surface area (Å²) in [5, 5.41) is 0.591. The lowest BCUT2D eigenvalue weighted by atomic mass is 10.2. The van der Waals surface area contributed by atoms with Crippen molar-refractivity contribution < 1.29 is 0 Å². The average molecular weight is 339 g/mol. The number of hydrogen-bond donors (Lipinski definition) is 0. The largest absolute Gasteiger partial charge is 0.336 e. The zero-order valence-electron chi connectivity index (χ0n) is 13.5. The van der Waals surface area contributed by atoms with Crippen LogP contribution in [0.1, 0.15) is 0 Å². The van der Waals surface area contributed by atoms with Crippen molar-refractivity contribution in [2.24, 2.45) is 0 Å². The Morgan fingerprint density at radius 1 is 1.00 bits per heavy atom. The highest BCUT2D eigenvalue weighted by atomic mass is 32.2. The molecule has 0 atom stereocenters. The Balaban J connectivity index is 2.11. The molecule has 6 heteroatoms. The van der Waals surface area contributed by atoms with Crippen LogP contribution in [0.3, 0.4) is 0 Å². The Labute approximate surface area is 143 Å². The van der Waals surface area contributed by atoms with Crippen LogP contribution in [-0.4, -0.2) is 34.7 Å². The number of rotatable bonds is 3. The third-order valence-corrected chi connectivity index (χ3v) is 5.33. The third-order valence-electron chi connectivity index (χ3n) is 4.22. The number of benzene rings is 2. The van der Waals surface area contributed by atoms with E-state index in [1.54, 1.807) is 22.4 Å². The van der Waals surface area contributed by atoms with Crippen LogP contribution in [0.4, 0.5) is 0 Å². The predicted octanol–water partition coefficient (Wildman–Crippen LogP) is 2.18. The van der Waals surface area contributed by atoms with Crippen molar-refractivity contribution in [1.29, 1.82) is 0 Å². The number of fused-ring (bicyclic) bond motifs is 2. The van der Waals surface area contributed by atoms with Crippen molar-refractivity contribution in [2.45, 2.75) is 16.3 Å². The summed E-state index contributed by atoms with van der Waals surface area (Å²) in [6, 6.07) is 13.5. The van der Waals surface area contributed by atoms with Gasteiger partial charge in [-0.25, -0.2) is 4.79 Å². The van der Waals surface area contributed by atoms with Gasteiger partial charge in [0.25, 0.3) is 5.56 Å². The molecule has 3 aromatic rings. The molecule has 0 saturated carbocycles. The van der Waals surface area contributed by atoms with E-state index in [4.69, 9.17) is 0 Å². The van der Waals surface area contributed by atoms with Gasteiger partial charge in [0, 0.05) is 22.9 Å². The number of para-hydroxylation sites is 2. The second kappa shape index (κ2) is 5.65. The molecule has 24 heavy (non-hydrogen) atoms. The number of aromatic nitrogens is 2. The van der Waals surface area contributed by atoms with Gasteiger partial charge in [-0.3, -0.25) is 13.9 Å². The van der Waals surface area contributed by atoms with Crippen molar-refractivity contribution in [3.8, 4) is 5.69 Å². The highest BCUT2D eigenvalue weighted by molar-refractivity contribution is 7.99. The highest BCUT2D eigenvalue weighted by Gasteiger charge is 2.23. The normalized spacial score (nSPS) is 12.6. The van der Waals surface area contributed by atoms with Crippen LogP contribution in [-0.2, 0) is 6.54 Å². The highest BCUT2D eigenvalue weighted by Crippen LogP contribution is 2.40. The molecule has 0 radical (unpaired) electrons. The molecule has 0 unspecified atom stereocenters. The standard InChI is InChI=1S/C18H17N3O2S/c1-19(2)10-11-20-17(22)12-6-5-9-15-16(12)21(18(20)23)13-7-3-4-8-14(13)24-15/h3-9H,10-11H2,1-2H3. The summed E-state index contributed by atoms with van der Waals surface area (Å²) in [7, 11) is 3.86. The van der Waals surface area contributed by atoms with E-state index in [1.165, 1.54) is 4.57 Å². The lowest BCUT2D eigenvalue weighted by Gasteiger charge is -2.23. The minimum absolute atomic E-state index is 0.213. The van der Waals surface area contributed by atoms with Crippen molar-refractivity contribution in [2.75, 3.05) is 20.6 Å². The van der Waals surface area contributed by atoms with Crippen LogP contribution in [0, 0.1) is 0 Å². The fourth-order valence-electron chi connectivity index (χ4n) is 3.02. The minimum Gasteiger partial charge on any atom is -0.308 e. The van der Waals surface area contributed by atoms with Crippen molar-refractivity contribution in [3.05, 3.63) is 63.3 Å². The smallest absolute Gasteiger partial charge is 0.308 e. The Bertz CT molecular complexity index is 1070. The average Bonchev–Trinajstić information content (AvgIpc) is 2.57. The summed E-state index contributed by atoms with van der Waals surface area (Å²) >= 11 is 1.60. The van der Waals surface area contributed by atoms with E-state index >= 15 is 0 Å². The number of nitrogens with zero attached hydrogens (tertiary/aromatic N) is 3. The molecule has 1 aliphatic heterocycles. The second-order valence-electron chi connectivity index (χ2n) is 6.10. The van der Waals surface area contributed by atoms with Gasteiger partial charge in [-0.05, 0) is 38.4 Å². The first-order valence-corrected chi connectivity index (χ1v) is 8.60. The first-order chi connectivity index (χ1) is 11.6. The van der Waals surface area contributed by atoms with Crippen LogP contribution in [0.15, 0.2) is 61.8 Å².